The summed E-state index contributed by atoms with van der Waals surface area (Å²) >= 11 is 0. The molecule has 6 nitrogen and oxygen atoms in total. The number of nitrogens with one attached hydrogen (secondary N) is 1. The number of aromatic nitrogens is 1. The summed E-state index contributed by atoms with van der Waals surface area (Å²) in [6, 6.07) is 12.8. The standard InChI is InChI=1S/C20H20N2O4/c1-24-15-5-2-4-14(10-15)20-22-17-8-7-13(11-18(17)26-20)19(23)21-12-16-6-3-9-25-16/h2,4-5,7-8,10-11,16H,3,6,9,12H2,1H3,(H,21,23). The molecule has 134 valence electrons. The van der Waals surface area contributed by atoms with E-state index in [9.17, 15) is 4.79 Å². The number of benzene rings is 2. The highest BCUT2D eigenvalue weighted by molar-refractivity contribution is 5.97. The molecule has 1 fully saturated rings. The Morgan fingerprint density at radius 2 is 2.23 bits per heavy atom. The number of carbonyl (C=O) groups is 1. The minimum atomic E-state index is -0.137. The van der Waals surface area contributed by atoms with Crippen LogP contribution in [0.3, 0.4) is 0 Å². The second-order valence-electron chi connectivity index (χ2n) is 6.28. The average molecular weight is 352 g/mol. The minimum Gasteiger partial charge on any atom is -0.497 e. The van der Waals surface area contributed by atoms with E-state index in [1.54, 1.807) is 25.3 Å². The van der Waals surface area contributed by atoms with E-state index in [-0.39, 0.29) is 12.0 Å². The number of carbonyl (C=O) groups excluding carboxylic acids is 1. The lowest BCUT2D eigenvalue weighted by Gasteiger charge is -2.10. The Labute approximate surface area is 151 Å². The molecule has 0 saturated carbocycles. The third kappa shape index (κ3) is 3.41. The first-order valence-corrected chi connectivity index (χ1v) is 8.68. The Balaban J connectivity index is 1.54. The Morgan fingerprint density at radius 3 is 3.04 bits per heavy atom. The van der Waals surface area contributed by atoms with Crippen molar-refractivity contribution >= 4 is 17.0 Å². The van der Waals surface area contributed by atoms with E-state index >= 15 is 0 Å². The number of rotatable bonds is 5. The van der Waals surface area contributed by atoms with Gasteiger partial charge in [0, 0.05) is 24.3 Å². The molecule has 0 aliphatic carbocycles. The van der Waals surface area contributed by atoms with Gasteiger partial charge >= 0.3 is 0 Å². The van der Waals surface area contributed by atoms with Gasteiger partial charge in [-0.3, -0.25) is 4.79 Å². The SMILES string of the molecule is COc1cccc(-c2nc3ccc(C(=O)NCC4CCCO4)cc3o2)c1. The predicted octanol–water partition coefficient (Wildman–Crippen LogP) is 3.41. The molecule has 1 unspecified atom stereocenters. The van der Waals surface area contributed by atoms with Crippen molar-refractivity contribution in [3.05, 3.63) is 48.0 Å². The zero-order chi connectivity index (χ0) is 17.9. The van der Waals surface area contributed by atoms with Crippen LogP contribution in [0, 0.1) is 0 Å². The van der Waals surface area contributed by atoms with Gasteiger partial charge in [0.25, 0.3) is 5.91 Å². The molecule has 1 aliphatic heterocycles. The maximum Gasteiger partial charge on any atom is 0.251 e. The highest BCUT2D eigenvalue weighted by Crippen LogP contribution is 2.27. The van der Waals surface area contributed by atoms with Crippen LogP contribution in [0.1, 0.15) is 23.2 Å². The van der Waals surface area contributed by atoms with Gasteiger partial charge in [-0.05, 0) is 49.2 Å². The first kappa shape index (κ1) is 16.6. The third-order valence-electron chi connectivity index (χ3n) is 4.48. The molecule has 6 heteroatoms. The fourth-order valence-electron chi connectivity index (χ4n) is 3.06. The van der Waals surface area contributed by atoms with Gasteiger partial charge in [-0.15, -0.1) is 0 Å². The molecule has 3 aromatic rings. The van der Waals surface area contributed by atoms with Gasteiger partial charge in [-0.2, -0.15) is 0 Å². The van der Waals surface area contributed by atoms with Crippen LogP contribution >= 0.6 is 0 Å². The molecule has 1 N–H and O–H groups in total. The average Bonchev–Trinajstić information content (AvgIpc) is 3.35. The summed E-state index contributed by atoms with van der Waals surface area (Å²) in [4.78, 5) is 16.9. The molecule has 26 heavy (non-hydrogen) atoms. The van der Waals surface area contributed by atoms with Crippen LogP contribution in [-0.4, -0.2) is 37.3 Å². The van der Waals surface area contributed by atoms with E-state index in [1.807, 2.05) is 24.3 Å². The van der Waals surface area contributed by atoms with Crippen LogP contribution in [0.4, 0.5) is 0 Å². The van der Waals surface area contributed by atoms with E-state index in [4.69, 9.17) is 13.9 Å². The second-order valence-corrected chi connectivity index (χ2v) is 6.28. The zero-order valence-electron chi connectivity index (χ0n) is 14.5. The summed E-state index contributed by atoms with van der Waals surface area (Å²) < 4.78 is 16.6. The Morgan fingerprint density at radius 1 is 1.31 bits per heavy atom. The van der Waals surface area contributed by atoms with Crippen molar-refractivity contribution < 1.29 is 18.7 Å². The molecular weight excluding hydrogens is 332 g/mol. The molecule has 0 bridgehead atoms. The molecular formula is C20H20N2O4. The summed E-state index contributed by atoms with van der Waals surface area (Å²) in [6.07, 6.45) is 2.16. The zero-order valence-corrected chi connectivity index (χ0v) is 14.5. The quantitative estimate of drug-likeness (QED) is 0.762. The van der Waals surface area contributed by atoms with E-state index < -0.39 is 0 Å². The normalized spacial score (nSPS) is 16.7. The van der Waals surface area contributed by atoms with Gasteiger partial charge in [-0.1, -0.05) is 6.07 Å². The lowest BCUT2D eigenvalue weighted by atomic mass is 10.2. The molecule has 1 saturated heterocycles. The molecule has 1 atom stereocenters. The fourth-order valence-corrected chi connectivity index (χ4v) is 3.06. The Hall–Kier alpha value is -2.86. The number of amides is 1. The number of methoxy groups -OCH3 is 1. The van der Waals surface area contributed by atoms with Crippen molar-refractivity contribution in [1.82, 2.24) is 10.3 Å². The van der Waals surface area contributed by atoms with Gasteiger partial charge in [0.05, 0.1) is 13.2 Å². The first-order chi connectivity index (χ1) is 12.7. The van der Waals surface area contributed by atoms with Gasteiger partial charge in [0.2, 0.25) is 5.89 Å². The van der Waals surface area contributed by atoms with Crippen molar-refractivity contribution in [1.29, 1.82) is 0 Å². The van der Waals surface area contributed by atoms with Gasteiger partial charge in [-0.25, -0.2) is 4.98 Å². The number of oxazole rings is 1. The maximum atomic E-state index is 12.4. The third-order valence-corrected chi connectivity index (χ3v) is 4.48. The molecule has 1 aliphatic rings. The highest BCUT2D eigenvalue weighted by atomic mass is 16.5. The minimum absolute atomic E-state index is 0.118. The topological polar surface area (TPSA) is 73.6 Å². The molecule has 2 aromatic carbocycles. The van der Waals surface area contributed by atoms with E-state index in [1.165, 1.54) is 0 Å². The molecule has 1 aromatic heterocycles. The summed E-state index contributed by atoms with van der Waals surface area (Å²) in [5, 5.41) is 2.92. The van der Waals surface area contributed by atoms with Gasteiger partial charge in [0.1, 0.15) is 11.3 Å². The van der Waals surface area contributed by atoms with E-state index in [0.717, 1.165) is 30.8 Å². The van der Waals surface area contributed by atoms with Crippen LogP contribution in [0.5, 0.6) is 5.75 Å². The van der Waals surface area contributed by atoms with Crippen LogP contribution < -0.4 is 10.1 Å². The van der Waals surface area contributed by atoms with Gasteiger partial charge < -0.3 is 19.2 Å². The summed E-state index contributed by atoms with van der Waals surface area (Å²) in [6.45, 7) is 1.31. The van der Waals surface area contributed by atoms with Crippen LogP contribution in [0.15, 0.2) is 46.9 Å². The maximum absolute atomic E-state index is 12.4. The number of hydrogen-bond donors (Lipinski definition) is 1. The van der Waals surface area contributed by atoms with Crippen LogP contribution in [0.2, 0.25) is 0 Å². The van der Waals surface area contributed by atoms with Crippen LogP contribution in [-0.2, 0) is 4.74 Å². The van der Waals surface area contributed by atoms with Crippen molar-refractivity contribution in [2.75, 3.05) is 20.3 Å². The predicted molar refractivity (Wildman–Crippen MR) is 97.3 cm³/mol. The Kier molecular flexibility index (Phi) is 4.58. The summed E-state index contributed by atoms with van der Waals surface area (Å²) in [7, 11) is 1.62. The fraction of sp³-hybridized carbons (Fsp3) is 0.300. The molecule has 0 radical (unpaired) electrons. The molecule has 4 rings (SSSR count). The van der Waals surface area contributed by atoms with Gasteiger partial charge in [0.15, 0.2) is 5.58 Å². The second kappa shape index (κ2) is 7.17. The highest BCUT2D eigenvalue weighted by Gasteiger charge is 2.17. The van der Waals surface area contributed by atoms with Crippen molar-refractivity contribution in [2.45, 2.75) is 18.9 Å². The number of hydrogen-bond acceptors (Lipinski definition) is 5. The van der Waals surface area contributed by atoms with Crippen molar-refractivity contribution in [3.8, 4) is 17.2 Å². The van der Waals surface area contributed by atoms with Crippen LogP contribution in [0.25, 0.3) is 22.6 Å². The number of nitrogens with zero attached hydrogens (tertiary/aromatic N) is 1. The van der Waals surface area contributed by atoms with Crippen molar-refractivity contribution in [2.24, 2.45) is 0 Å². The Bertz CT molecular complexity index is 928. The lowest BCUT2D eigenvalue weighted by Crippen LogP contribution is -2.31. The number of ether oxygens (including phenoxy) is 2. The number of fused-ring (bicyclic) bond motifs is 1. The van der Waals surface area contributed by atoms with E-state index in [2.05, 4.69) is 10.3 Å². The molecule has 0 spiro atoms. The monoisotopic (exact) mass is 352 g/mol. The summed E-state index contributed by atoms with van der Waals surface area (Å²) in [5.41, 5.74) is 2.65. The first-order valence-electron chi connectivity index (χ1n) is 8.68. The molecule has 2 heterocycles. The molecule has 1 amide bonds. The van der Waals surface area contributed by atoms with E-state index in [0.29, 0.717) is 29.1 Å². The summed E-state index contributed by atoms with van der Waals surface area (Å²) in [5.74, 6) is 1.09. The van der Waals surface area contributed by atoms with Crippen molar-refractivity contribution in [3.63, 3.8) is 0 Å². The lowest BCUT2D eigenvalue weighted by molar-refractivity contribution is 0.0858. The largest absolute Gasteiger partial charge is 0.497 e. The smallest absolute Gasteiger partial charge is 0.251 e.